The number of aromatic amines is 1. The molecule has 0 aliphatic rings. The van der Waals surface area contributed by atoms with E-state index in [-0.39, 0.29) is 0 Å². The van der Waals surface area contributed by atoms with Crippen LogP contribution in [0, 0.1) is 0 Å². The SMILES string of the molecule is NCc1c[nH]cc1-c1ccccn1. The van der Waals surface area contributed by atoms with Crippen LogP contribution in [-0.4, -0.2) is 9.97 Å². The van der Waals surface area contributed by atoms with Crippen molar-refractivity contribution in [1.82, 2.24) is 9.97 Å². The predicted octanol–water partition coefficient (Wildman–Crippen LogP) is 1.54. The van der Waals surface area contributed by atoms with Crippen LogP contribution >= 0.6 is 0 Å². The summed E-state index contributed by atoms with van der Waals surface area (Å²) in [5.41, 5.74) is 8.73. The van der Waals surface area contributed by atoms with Gasteiger partial charge in [0.25, 0.3) is 0 Å². The maximum Gasteiger partial charge on any atom is 0.0720 e. The van der Waals surface area contributed by atoms with Gasteiger partial charge in [-0.2, -0.15) is 0 Å². The second-order valence-electron chi connectivity index (χ2n) is 2.81. The van der Waals surface area contributed by atoms with Gasteiger partial charge in [-0.25, -0.2) is 0 Å². The first-order valence-corrected chi connectivity index (χ1v) is 4.19. The van der Waals surface area contributed by atoms with Crippen molar-refractivity contribution in [3.8, 4) is 11.3 Å². The Bertz CT molecular complexity index is 378. The number of rotatable bonds is 2. The molecule has 2 rings (SSSR count). The number of H-pyrrole nitrogens is 1. The van der Waals surface area contributed by atoms with E-state index in [1.165, 1.54) is 0 Å². The summed E-state index contributed by atoms with van der Waals surface area (Å²) >= 11 is 0. The molecule has 0 unspecified atom stereocenters. The zero-order valence-corrected chi connectivity index (χ0v) is 7.20. The molecule has 2 aromatic heterocycles. The topological polar surface area (TPSA) is 54.7 Å². The first kappa shape index (κ1) is 8.01. The van der Waals surface area contributed by atoms with E-state index in [1.54, 1.807) is 6.20 Å². The lowest BCUT2D eigenvalue weighted by molar-refractivity contribution is 1.07. The largest absolute Gasteiger partial charge is 0.367 e. The van der Waals surface area contributed by atoms with E-state index in [2.05, 4.69) is 9.97 Å². The Morgan fingerprint density at radius 1 is 1.31 bits per heavy atom. The number of aromatic nitrogens is 2. The molecule has 3 nitrogen and oxygen atoms in total. The van der Waals surface area contributed by atoms with Gasteiger partial charge in [0.1, 0.15) is 0 Å². The summed E-state index contributed by atoms with van der Waals surface area (Å²) in [4.78, 5) is 7.28. The number of hydrogen-bond acceptors (Lipinski definition) is 2. The molecule has 0 saturated carbocycles. The van der Waals surface area contributed by atoms with Crippen LogP contribution in [0.5, 0.6) is 0 Å². The maximum absolute atomic E-state index is 5.58. The molecule has 3 heteroatoms. The molecule has 2 aromatic rings. The molecule has 13 heavy (non-hydrogen) atoms. The maximum atomic E-state index is 5.58. The van der Waals surface area contributed by atoms with E-state index in [4.69, 9.17) is 5.73 Å². The minimum Gasteiger partial charge on any atom is -0.367 e. The Hall–Kier alpha value is -1.61. The number of nitrogens with two attached hydrogens (primary N) is 1. The minimum atomic E-state index is 0.537. The fourth-order valence-electron chi connectivity index (χ4n) is 1.33. The van der Waals surface area contributed by atoms with E-state index >= 15 is 0 Å². The van der Waals surface area contributed by atoms with Gasteiger partial charge >= 0.3 is 0 Å². The standard InChI is InChI=1S/C10H11N3/c11-5-8-6-12-7-9(8)10-3-1-2-4-13-10/h1-4,6-7,12H,5,11H2. The average molecular weight is 173 g/mol. The monoisotopic (exact) mass is 173 g/mol. The molecule has 0 fully saturated rings. The van der Waals surface area contributed by atoms with E-state index in [1.807, 2.05) is 30.6 Å². The van der Waals surface area contributed by atoms with Crippen LogP contribution in [-0.2, 0) is 6.54 Å². The summed E-state index contributed by atoms with van der Waals surface area (Å²) in [6.45, 7) is 0.537. The molecular weight excluding hydrogens is 162 g/mol. The molecule has 0 spiro atoms. The van der Waals surface area contributed by atoms with Crippen molar-refractivity contribution in [2.24, 2.45) is 5.73 Å². The van der Waals surface area contributed by atoms with Crippen LogP contribution < -0.4 is 5.73 Å². The Balaban J connectivity index is 2.47. The summed E-state index contributed by atoms with van der Waals surface area (Å²) in [6, 6.07) is 5.84. The molecule has 0 aliphatic heterocycles. The second kappa shape index (κ2) is 3.41. The summed E-state index contributed by atoms with van der Waals surface area (Å²) in [6.07, 6.45) is 5.61. The van der Waals surface area contributed by atoms with Crippen molar-refractivity contribution in [1.29, 1.82) is 0 Å². The third-order valence-corrected chi connectivity index (χ3v) is 1.99. The van der Waals surface area contributed by atoms with Crippen molar-refractivity contribution in [3.05, 3.63) is 42.4 Å². The van der Waals surface area contributed by atoms with Crippen molar-refractivity contribution < 1.29 is 0 Å². The van der Waals surface area contributed by atoms with Gasteiger partial charge in [-0.3, -0.25) is 4.98 Å². The molecule has 0 aromatic carbocycles. The highest BCUT2D eigenvalue weighted by Gasteiger charge is 2.04. The lowest BCUT2D eigenvalue weighted by Crippen LogP contribution is -1.96. The lowest BCUT2D eigenvalue weighted by Gasteiger charge is -1.99. The van der Waals surface area contributed by atoms with E-state index in [9.17, 15) is 0 Å². The highest BCUT2D eigenvalue weighted by molar-refractivity contribution is 5.62. The molecule has 3 N–H and O–H groups in total. The van der Waals surface area contributed by atoms with E-state index in [0.29, 0.717) is 6.54 Å². The molecule has 0 atom stereocenters. The van der Waals surface area contributed by atoms with Gasteiger partial charge in [-0.05, 0) is 17.7 Å². The van der Waals surface area contributed by atoms with Gasteiger partial charge in [0.05, 0.1) is 5.69 Å². The fraction of sp³-hybridized carbons (Fsp3) is 0.100. The number of nitrogens with one attached hydrogen (secondary N) is 1. The predicted molar refractivity (Wildman–Crippen MR) is 51.9 cm³/mol. The molecule has 0 bridgehead atoms. The zero-order chi connectivity index (χ0) is 9.10. The van der Waals surface area contributed by atoms with Crippen molar-refractivity contribution in [3.63, 3.8) is 0 Å². The highest BCUT2D eigenvalue weighted by Crippen LogP contribution is 2.19. The fourth-order valence-corrected chi connectivity index (χ4v) is 1.33. The Morgan fingerprint density at radius 2 is 2.23 bits per heavy atom. The normalized spacial score (nSPS) is 10.2. The smallest absolute Gasteiger partial charge is 0.0720 e. The van der Waals surface area contributed by atoms with Gasteiger partial charge in [-0.15, -0.1) is 0 Å². The first-order valence-electron chi connectivity index (χ1n) is 4.19. The van der Waals surface area contributed by atoms with Crippen molar-refractivity contribution >= 4 is 0 Å². The van der Waals surface area contributed by atoms with Gasteiger partial charge in [0.15, 0.2) is 0 Å². The summed E-state index contributed by atoms with van der Waals surface area (Å²) in [7, 11) is 0. The molecule has 66 valence electrons. The number of nitrogens with zero attached hydrogens (tertiary/aromatic N) is 1. The third-order valence-electron chi connectivity index (χ3n) is 1.99. The number of pyridine rings is 1. The van der Waals surface area contributed by atoms with Crippen LogP contribution in [0.4, 0.5) is 0 Å². The van der Waals surface area contributed by atoms with Gasteiger partial charge in [-0.1, -0.05) is 6.07 Å². The molecule has 0 radical (unpaired) electrons. The number of hydrogen-bond donors (Lipinski definition) is 2. The second-order valence-corrected chi connectivity index (χ2v) is 2.81. The van der Waals surface area contributed by atoms with Gasteiger partial charge in [0.2, 0.25) is 0 Å². The summed E-state index contributed by atoms with van der Waals surface area (Å²) in [5.74, 6) is 0. The van der Waals surface area contributed by atoms with Crippen molar-refractivity contribution in [2.75, 3.05) is 0 Å². The Kier molecular flexibility index (Phi) is 2.10. The summed E-state index contributed by atoms with van der Waals surface area (Å²) in [5, 5.41) is 0. The molecule has 0 amide bonds. The molecular formula is C10H11N3. The molecule has 0 aliphatic carbocycles. The Labute approximate surface area is 76.6 Å². The molecule has 2 heterocycles. The Morgan fingerprint density at radius 3 is 2.92 bits per heavy atom. The lowest BCUT2D eigenvalue weighted by atomic mass is 10.1. The average Bonchev–Trinajstić information content (AvgIpc) is 2.67. The van der Waals surface area contributed by atoms with Crippen molar-refractivity contribution in [2.45, 2.75) is 6.54 Å². The van der Waals surface area contributed by atoms with Crippen LogP contribution in [0.1, 0.15) is 5.56 Å². The van der Waals surface area contributed by atoms with Crippen LogP contribution in [0.25, 0.3) is 11.3 Å². The summed E-state index contributed by atoms with van der Waals surface area (Å²) < 4.78 is 0. The highest BCUT2D eigenvalue weighted by atomic mass is 14.7. The third kappa shape index (κ3) is 1.46. The van der Waals surface area contributed by atoms with E-state index in [0.717, 1.165) is 16.8 Å². The minimum absolute atomic E-state index is 0.537. The van der Waals surface area contributed by atoms with Crippen LogP contribution in [0.15, 0.2) is 36.8 Å². The zero-order valence-electron chi connectivity index (χ0n) is 7.20. The van der Waals surface area contributed by atoms with Gasteiger partial charge in [0, 0.05) is 30.7 Å². The molecule has 0 saturated heterocycles. The first-order chi connectivity index (χ1) is 6.42. The van der Waals surface area contributed by atoms with Gasteiger partial charge < -0.3 is 10.7 Å². The quantitative estimate of drug-likeness (QED) is 0.723. The van der Waals surface area contributed by atoms with Crippen LogP contribution in [0.2, 0.25) is 0 Å². The van der Waals surface area contributed by atoms with Crippen LogP contribution in [0.3, 0.4) is 0 Å². The van der Waals surface area contributed by atoms with E-state index < -0.39 is 0 Å².